The first-order chi connectivity index (χ1) is 9.96. The van der Waals surface area contributed by atoms with Gasteiger partial charge in [-0.1, -0.05) is 18.2 Å². The maximum atomic E-state index is 13.5. The molecule has 2 N–H and O–H groups in total. The average Bonchev–Trinajstić information content (AvgIpc) is 2.89. The van der Waals surface area contributed by atoms with E-state index in [0.717, 1.165) is 19.4 Å². The summed E-state index contributed by atoms with van der Waals surface area (Å²) in [5.41, 5.74) is -0.193. The molecule has 1 aromatic rings. The summed E-state index contributed by atoms with van der Waals surface area (Å²) in [5.74, 6) is -0.864. The zero-order chi connectivity index (χ0) is 15.3. The Bertz CT molecular complexity index is 577. The first kappa shape index (κ1) is 19.3. The minimum Gasteiger partial charge on any atom is -0.383 e. The van der Waals surface area contributed by atoms with E-state index in [4.69, 9.17) is 4.74 Å². The second-order valence-electron chi connectivity index (χ2n) is 5.42. The van der Waals surface area contributed by atoms with Crippen LogP contribution in [0.2, 0.25) is 0 Å². The van der Waals surface area contributed by atoms with E-state index in [1.165, 1.54) is 18.2 Å². The van der Waals surface area contributed by atoms with E-state index < -0.39 is 15.8 Å². The molecule has 1 aliphatic rings. The first-order valence-corrected chi connectivity index (χ1v) is 8.56. The van der Waals surface area contributed by atoms with E-state index in [0.29, 0.717) is 6.61 Å². The summed E-state index contributed by atoms with van der Waals surface area (Å²) >= 11 is 0. The van der Waals surface area contributed by atoms with Gasteiger partial charge in [-0.25, -0.2) is 17.5 Å². The molecular formula is C14H22ClFN2O3S. The van der Waals surface area contributed by atoms with Gasteiger partial charge in [0.2, 0.25) is 10.0 Å². The lowest BCUT2D eigenvalue weighted by Crippen LogP contribution is -2.53. The van der Waals surface area contributed by atoms with Gasteiger partial charge < -0.3 is 10.1 Å². The molecule has 1 aromatic carbocycles. The van der Waals surface area contributed by atoms with Crippen LogP contribution in [0.1, 0.15) is 18.4 Å². The summed E-state index contributed by atoms with van der Waals surface area (Å²) in [6.45, 7) is 1.53. The van der Waals surface area contributed by atoms with Crippen molar-refractivity contribution < 1.29 is 17.5 Å². The molecule has 8 heteroatoms. The smallest absolute Gasteiger partial charge is 0.215 e. The number of methoxy groups -OCH3 is 1. The van der Waals surface area contributed by atoms with Crippen LogP contribution in [0.15, 0.2) is 24.3 Å². The molecule has 2 rings (SSSR count). The van der Waals surface area contributed by atoms with Crippen molar-refractivity contribution in [2.45, 2.75) is 24.1 Å². The summed E-state index contributed by atoms with van der Waals surface area (Å²) in [4.78, 5) is 0. The topological polar surface area (TPSA) is 67.4 Å². The van der Waals surface area contributed by atoms with E-state index >= 15 is 0 Å². The van der Waals surface area contributed by atoms with Crippen LogP contribution < -0.4 is 10.0 Å². The van der Waals surface area contributed by atoms with E-state index in [1.807, 2.05) is 0 Å². The van der Waals surface area contributed by atoms with Crippen LogP contribution in [0.3, 0.4) is 0 Å². The number of ether oxygens (including phenoxy) is 1. The molecule has 1 heterocycles. The molecular weight excluding hydrogens is 331 g/mol. The van der Waals surface area contributed by atoms with Gasteiger partial charge in [-0.15, -0.1) is 12.4 Å². The van der Waals surface area contributed by atoms with Gasteiger partial charge in [0, 0.05) is 19.2 Å². The van der Waals surface area contributed by atoms with Gasteiger partial charge in [0.1, 0.15) is 5.82 Å². The number of nitrogens with one attached hydrogen (secondary N) is 2. The number of halogens is 2. The van der Waals surface area contributed by atoms with Crippen LogP contribution in [0.25, 0.3) is 0 Å². The fourth-order valence-electron chi connectivity index (χ4n) is 2.59. The molecule has 0 spiro atoms. The molecule has 1 saturated heterocycles. The van der Waals surface area contributed by atoms with Crippen molar-refractivity contribution >= 4 is 22.4 Å². The molecule has 1 atom stereocenters. The Labute approximate surface area is 137 Å². The molecule has 22 heavy (non-hydrogen) atoms. The molecule has 5 nitrogen and oxygen atoms in total. The van der Waals surface area contributed by atoms with Crippen molar-refractivity contribution in [3.05, 3.63) is 35.6 Å². The minimum atomic E-state index is -3.59. The molecule has 1 fully saturated rings. The lowest BCUT2D eigenvalue weighted by atomic mass is 9.99. The lowest BCUT2D eigenvalue weighted by molar-refractivity contribution is 0.122. The van der Waals surface area contributed by atoms with Gasteiger partial charge in [-0.3, -0.25) is 0 Å². The fraction of sp³-hybridized carbons (Fsp3) is 0.571. The summed E-state index contributed by atoms with van der Waals surface area (Å²) in [6.07, 6.45) is 1.83. The molecule has 126 valence electrons. The molecule has 1 unspecified atom stereocenters. The average molecular weight is 353 g/mol. The van der Waals surface area contributed by atoms with Crippen molar-refractivity contribution in [1.82, 2.24) is 10.0 Å². The molecule has 0 radical (unpaired) electrons. The second-order valence-corrected chi connectivity index (χ2v) is 7.22. The van der Waals surface area contributed by atoms with Crippen LogP contribution >= 0.6 is 12.4 Å². The normalized spacial score (nSPS) is 21.5. The fourth-order valence-corrected chi connectivity index (χ4v) is 3.83. The summed E-state index contributed by atoms with van der Waals surface area (Å²) in [7, 11) is -1.99. The van der Waals surface area contributed by atoms with Gasteiger partial charge >= 0.3 is 0 Å². The number of sulfonamides is 1. The van der Waals surface area contributed by atoms with E-state index in [1.54, 1.807) is 13.2 Å². The highest BCUT2D eigenvalue weighted by Crippen LogP contribution is 2.19. The number of rotatable bonds is 7. The summed E-state index contributed by atoms with van der Waals surface area (Å²) in [6, 6.07) is 5.90. The minimum absolute atomic E-state index is 0. The van der Waals surface area contributed by atoms with E-state index in [-0.39, 0.29) is 35.8 Å². The molecule has 0 amide bonds. The van der Waals surface area contributed by atoms with Gasteiger partial charge in [0.15, 0.2) is 0 Å². The van der Waals surface area contributed by atoms with E-state index in [2.05, 4.69) is 10.0 Å². The van der Waals surface area contributed by atoms with Crippen molar-refractivity contribution in [3.63, 3.8) is 0 Å². The molecule has 0 saturated carbocycles. The Hall–Kier alpha value is -0.730. The maximum Gasteiger partial charge on any atom is 0.215 e. The zero-order valence-corrected chi connectivity index (χ0v) is 14.1. The van der Waals surface area contributed by atoms with Crippen molar-refractivity contribution in [1.29, 1.82) is 0 Å². The Morgan fingerprint density at radius 2 is 2.14 bits per heavy atom. The quantitative estimate of drug-likeness (QED) is 0.779. The molecule has 0 aromatic heterocycles. The number of hydrogen-bond acceptors (Lipinski definition) is 4. The molecule has 0 aliphatic carbocycles. The third-order valence-electron chi connectivity index (χ3n) is 3.69. The Kier molecular flexibility index (Phi) is 7.21. The van der Waals surface area contributed by atoms with E-state index in [9.17, 15) is 12.8 Å². The maximum absolute atomic E-state index is 13.5. The Balaban J connectivity index is 0.00000242. The largest absolute Gasteiger partial charge is 0.383 e. The SMILES string of the molecule is COCC1(CNS(=O)(=O)Cc2ccccc2F)CCCN1.Cl. The third-order valence-corrected chi connectivity index (χ3v) is 4.96. The van der Waals surface area contributed by atoms with Crippen LogP contribution in [-0.2, 0) is 20.5 Å². The number of hydrogen-bond donors (Lipinski definition) is 2. The van der Waals surface area contributed by atoms with Crippen LogP contribution in [0, 0.1) is 5.82 Å². The monoisotopic (exact) mass is 352 g/mol. The van der Waals surface area contributed by atoms with Crippen LogP contribution in [-0.4, -0.2) is 40.8 Å². The molecule has 0 bridgehead atoms. The van der Waals surface area contributed by atoms with Crippen LogP contribution in [0.4, 0.5) is 4.39 Å². The highest BCUT2D eigenvalue weighted by Gasteiger charge is 2.34. The molecule has 1 aliphatic heterocycles. The highest BCUT2D eigenvalue weighted by molar-refractivity contribution is 7.88. The van der Waals surface area contributed by atoms with Crippen LogP contribution in [0.5, 0.6) is 0 Å². The summed E-state index contributed by atoms with van der Waals surface area (Å²) in [5, 5.41) is 3.29. The summed E-state index contributed by atoms with van der Waals surface area (Å²) < 4.78 is 45.5. The van der Waals surface area contributed by atoms with Gasteiger partial charge in [-0.2, -0.15) is 0 Å². The Morgan fingerprint density at radius 1 is 1.41 bits per heavy atom. The van der Waals surface area contributed by atoms with Crippen molar-refractivity contribution in [2.75, 3.05) is 26.8 Å². The second kappa shape index (κ2) is 8.21. The number of benzene rings is 1. The highest BCUT2D eigenvalue weighted by atomic mass is 35.5. The predicted molar refractivity (Wildman–Crippen MR) is 86.1 cm³/mol. The van der Waals surface area contributed by atoms with Gasteiger partial charge in [0.25, 0.3) is 0 Å². The van der Waals surface area contributed by atoms with Gasteiger partial charge in [0.05, 0.1) is 17.9 Å². The predicted octanol–water partition coefficient (Wildman–Crippen LogP) is 1.44. The van der Waals surface area contributed by atoms with Crippen molar-refractivity contribution in [2.24, 2.45) is 0 Å². The zero-order valence-electron chi connectivity index (χ0n) is 12.5. The van der Waals surface area contributed by atoms with Gasteiger partial charge in [-0.05, 0) is 25.5 Å². The van der Waals surface area contributed by atoms with Crippen molar-refractivity contribution in [3.8, 4) is 0 Å². The first-order valence-electron chi connectivity index (χ1n) is 6.91. The Morgan fingerprint density at radius 3 is 2.73 bits per heavy atom. The lowest BCUT2D eigenvalue weighted by Gasteiger charge is -2.28. The third kappa shape index (κ3) is 5.17. The standard InChI is InChI=1S/C14H21FN2O3S.ClH/c1-20-11-14(7-4-8-16-14)10-17-21(18,19)9-12-5-2-3-6-13(12)15;/h2-3,5-6,16-17H,4,7-11H2,1H3;1H.